The van der Waals surface area contributed by atoms with Gasteiger partial charge in [-0.2, -0.15) is 0 Å². The summed E-state index contributed by atoms with van der Waals surface area (Å²) in [5.74, 6) is 0.597. The number of hydrogen-bond acceptors (Lipinski definition) is 6. The first-order chi connectivity index (χ1) is 13.5. The molecule has 2 aromatic rings. The Bertz CT molecular complexity index is 915. The number of anilines is 2. The summed E-state index contributed by atoms with van der Waals surface area (Å²) < 4.78 is 10.3. The number of hydrogen-bond donors (Lipinski definition) is 3. The van der Waals surface area contributed by atoms with Crippen LogP contribution in [0.2, 0.25) is 5.02 Å². The maximum Gasteiger partial charge on any atom is 0.249 e. The van der Waals surface area contributed by atoms with Crippen LogP contribution in [0.5, 0.6) is 11.5 Å². The van der Waals surface area contributed by atoms with Crippen LogP contribution in [0.1, 0.15) is 6.42 Å². The molecule has 146 valence electrons. The zero-order chi connectivity index (χ0) is 20.1. The number of halogens is 1. The van der Waals surface area contributed by atoms with Gasteiger partial charge in [0, 0.05) is 10.7 Å². The van der Waals surface area contributed by atoms with E-state index in [0.717, 1.165) is 0 Å². The van der Waals surface area contributed by atoms with Gasteiger partial charge in [-0.05, 0) is 42.5 Å². The van der Waals surface area contributed by atoms with Crippen LogP contribution in [-0.4, -0.2) is 38.0 Å². The number of guanidine groups is 1. The maximum absolute atomic E-state index is 12.6. The Kier molecular flexibility index (Phi) is 6.00. The van der Waals surface area contributed by atoms with E-state index in [1.165, 1.54) is 7.11 Å². The summed E-state index contributed by atoms with van der Waals surface area (Å²) in [5, 5.41) is 8.76. The topological polar surface area (TPSA) is 101 Å². The van der Waals surface area contributed by atoms with Crippen molar-refractivity contribution in [3.63, 3.8) is 0 Å². The highest BCUT2D eigenvalue weighted by atomic mass is 35.5. The lowest BCUT2D eigenvalue weighted by molar-refractivity contribution is -0.124. The fraction of sp³-hybridized carbons (Fsp3) is 0.211. The summed E-state index contributed by atoms with van der Waals surface area (Å²) in [6.07, 6.45) is -0.0670. The molecule has 3 N–H and O–H groups in total. The van der Waals surface area contributed by atoms with Crippen molar-refractivity contribution in [2.24, 2.45) is 4.99 Å². The van der Waals surface area contributed by atoms with E-state index in [1.54, 1.807) is 49.6 Å². The highest BCUT2D eigenvalue weighted by Gasteiger charge is 2.27. The molecule has 2 aromatic carbocycles. The van der Waals surface area contributed by atoms with Crippen molar-refractivity contribution in [1.29, 1.82) is 0 Å². The first kappa shape index (κ1) is 19.5. The van der Waals surface area contributed by atoms with Gasteiger partial charge in [-0.1, -0.05) is 11.6 Å². The van der Waals surface area contributed by atoms with Crippen molar-refractivity contribution in [2.45, 2.75) is 12.5 Å². The lowest BCUT2D eigenvalue weighted by atomic mass is 10.1. The monoisotopic (exact) mass is 402 g/mol. The lowest BCUT2D eigenvalue weighted by Gasteiger charge is -2.21. The largest absolute Gasteiger partial charge is 0.497 e. The molecule has 28 heavy (non-hydrogen) atoms. The summed E-state index contributed by atoms with van der Waals surface area (Å²) >= 11 is 5.98. The normalized spacial score (nSPS) is 15.9. The zero-order valence-electron chi connectivity index (χ0n) is 15.3. The minimum absolute atomic E-state index is 0.0670. The van der Waals surface area contributed by atoms with Crippen LogP contribution in [0, 0.1) is 0 Å². The maximum atomic E-state index is 12.6. The van der Waals surface area contributed by atoms with Gasteiger partial charge in [0.2, 0.25) is 17.8 Å². The number of ether oxygens (including phenoxy) is 2. The molecule has 0 spiro atoms. The van der Waals surface area contributed by atoms with E-state index < -0.39 is 11.9 Å². The van der Waals surface area contributed by atoms with Crippen molar-refractivity contribution < 1.29 is 19.1 Å². The number of nitrogens with zero attached hydrogens (tertiary/aromatic N) is 1. The number of rotatable bonds is 5. The fourth-order valence-electron chi connectivity index (χ4n) is 2.61. The van der Waals surface area contributed by atoms with Crippen LogP contribution in [-0.2, 0) is 9.59 Å². The molecule has 0 bridgehead atoms. The summed E-state index contributed by atoms with van der Waals surface area (Å²) in [7, 11) is 3.06. The minimum Gasteiger partial charge on any atom is -0.497 e. The van der Waals surface area contributed by atoms with Crippen LogP contribution in [0.25, 0.3) is 0 Å². The molecule has 0 radical (unpaired) electrons. The third-order valence-electron chi connectivity index (χ3n) is 4.00. The quantitative estimate of drug-likeness (QED) is 0.713. The van der Waals surface area contributed by atoms with Gasteiger partial charge in [-0.15, -0.1) is 0 Å². The van der Waals surface area contributed by atoms with E-state index in [2.05, 4.69) is 20.9 Å². The number of carbonyl (C=O) groups excluding carboxylic acids is 2. The summed E-state index contributed by atoms with van der Waals surface area (Å²) in [4.78, 5) is 29.0. The van der Waals surface area contributed by atoms with E-state index in [0.29, 0.717) is 27.9 Å². The highest BCUT2D eigenvalue weighted by molar-refractivity contribution is 6.31. The Balaban J connectivity index is 1.75. The Morgan fingerprint density at radius 3 is 2.61 bits per heavy atom. The minimum atomic E-state index is -0.891. The van der Waals surface area contributed by atoms with Gasteiger partial charge < -0.3 is 20.1 Å². The van der Waals surface area contributed by atoms with Crippen LogP contribution in [0.15, 0.2) is 47.5 Å². The lowest BCUT2D eigenvalue weighted by Crippen LogP contribution is -2.45. The molecule has 0 aliphatic carbocycles. The molecule has 8 nitrogen and oxygen atoms in total. The van der Waals surface area contributed by atoms with Gasteiger partial charge in [0.05, 0.1) is 26.3 Å². The average Bonchev–Trinajstić information content (AvgIpc) is 2.68. The number of amides is 2. The van der Waals surface area contributed by atoms with Crippen LogP contribution >= 0.6 is 11.6 Å². The Morgan fingerprint density at radius 1 is 1.18 bits per heavy atom. The molecule has 1 aliphatic heterocycles. The standard InChI is InChI=1S/C19H19ClN4O4/c1-27-13-6-4-12(5-7-13)21-19-23-15(10-17(25)24-19)18(26)22-14-9-11(20)3-8-16(14)28-2/h3-9,15H,10H2,1-2H3,(H,22,26)(H2,21,23,24,25). The average molecular weight is 403 g/mol. The highest BCUT2D eigenvalue weighted by Crippen LogP contribution is 2.28. The predicted molar refractivity (Wildman–Crippen MR) is 107 cm³/mol. The smallest absolute Gasteiger partial charge is 0.249 e. The van der Waals surface area contributed by atoms with Gasteiger partial charge in [-0.25, -0.2) is 4.99 Å². The summed E-state index contributed by atoms with van der Waals surface area (Å²) in [6.45, 7) is 0. The van der Waals surface area contributed by atoms with Crippen LogP contribution < -0.4 is 25.4 Å². The number of carbonyl (C=O) groups is 2. The number of benzene rings is 2. The first-order valence-corrected chi connectivity index (χ1v) is 8.79. The molecule has 2 amide bonds. The van der Waals surface area contributed by atoms with E-state index in [-0.39, 0.29) is 18.3 Å². The zero-order valence-corrected chi connectivity index (χ0v) is 16.0. The molecule has 1 atom stereocenters. The molecule has 1 unspecified atom stereocenters. The van der Waals surface area contributed by atoms with E-state index >= 15 is 0 Å². The van der Waals surface area contributed by atoms with E-state index in [9.17, 15) is 9.59 Å². The van der Waals surface area contributed by atoms with E-state index in [1.807, 2.05) is 0 Å². The molecule has 9 heteroatoms. The summed E-state index contributed by atoms with van der Waals surface area (Å²) in [5.41, 5.74) is 1.10. The van der Waals surface area contributed by atoms with Gasteiger partial charge in [-0.3, -0.25) is 14.9 Å². The number of nitrogens with one attached hydrogen (secondary N) is 3. The molecule has 3 rings (SSSR count). The third kappa shape index (κ3) is 4.72. The molecule has 1 aliphatic rings. The number of methoxy groups -OCH3 is 2. The van der Waals surface area contributed by atoms with Crippen molar-refractivity contribution in [1.82, 2.24) is 5.32 Å². The molecule has 0 saturated heterocycles. The number of aliphatic imine (C=N–C) groups is 1. The molecule has 1 heterocycles. The fourth-order valence-corrected chi connectivity index (χ4v) is 2.78. The summed E-state index contributed by atoms with van der Waals surface area (Å²) in [6, 6.07) is 11.1. The van der Waals surface area contributed by atoms with Gasteiger partial charge in [0.15, 0.2) is 0 Å². The molecule has 0 aromatic heterocycles. The van der Waals surface area contributed by atoms with Crippen molar-refractivity contribution >= 4 is 40.7 Å². The predicted octanol–water partition coefficient (Wildman–Crippen LogP) is 2.65. The molecule has 0 fully saturated rings. The molecular formula is C19H19ClN4O4. The third-order valence-corrected chi connectivity index (χ3v) is 4.23. The molecular weight excluding hydrogens is 384 g/mol. The SMILES string of the molecule is COc1ccc(NC2=NC(C(=O)Nc3cc(Cl)ccc3OC)CC(=O)N2)cc1. The Hall–Kier alpha value is -3.26. The molecule has 0 saturated carbocycles. The van der Waals surface area contributed by atoms with Crippen molar-refractivity contribution in [3.05, 3.63) is 47.5 Å². The first-order valence-electron chi connectivity index (χ1n) is 8.41. The second kappa shape index (κ2) is 8.62. The van der Waals surface area contributed by atoms with Crippen LogP contribution in [0.3, 0.4) is 0 Å². The Morgan fingerprint density at radius 2 is 1.93 bits per heavy atom. The second-order valence-corrected chi connectivity index (χ2v) is 6.37. The van der Waals surface area contributed by atoms with Crippen LogP contribution in [0.4, 0.5) is 11.4 Å². The van der Waals surface area contributed by atoms with Gasteiger partial charge in [0.1, 0.15) is 17.5 Å². The second-order valence-electron chi connectivity index (χ2n) is 5.93. The van der Waals surface area contributed by atoms with E-state index in [4.69, 9.17) is 21.1 Å². The van der Waals surface area contributed by atoms with Gasteiger partial charge >= 0.3 is 0 Å². The Labute approximate surface area is 166 Å². The van der Waals surface area contributed by atoms with Crippen molar-refractivity contribution in [3.8, 4) is 11.5 Å². The van der Waals surface area contributed by atoms with Crippen molar-refractivity contribution in [2.75, 3.05) is 24.9 Å². The van der Waals surface area contributed by atoms with Gasteiger partial charge in [0.25, 0.3) is 0 Å².